The molecular weight excluding hydrogens is 158 g/mol. The summed E-state index contributed by atoms with van der Waals surface area (Å²) in [4.78, 5) is 0. The maximum Gasteiger partial charge on any atom is 0.00697 e. The second-order valence-electron chi connectivity index (χ2n) is 5.08. The Balaban J connectivity index is 1.80. The summed E-state index contributed by atoms with van der Waals surface area (Å²) < 4.78 is 0. The number of fused-ring (bicyclic) bond motifs is 2. The third-order valence-corrected chi connectivity index (χ3v) is 4.15. The molecule has 4 atom stereocenters. The fourth-order valence-corrected chi connectivity index (χ4v) is 3.43. The first-order valence-corrected chi connectivity index (χ1v) is 6.04. The monoisotopic (exact) mass is 181 g/mol. The molecule has 1 heteroatoms. The predicted molar refractivity (Wildman–Crippen MR) is 56.7 cm³/mol. The maximum atomic E-state index is 3.66. The summed E-state index contributed by atoms with van der Waals surface area (Å²) in [5.41, 5.74) is 0. The Kier molecular flexibility index (Phi) is 2.92. The average molecular weight is 181 g/mol. The third kappa shape index (κ3) is 1.90. The van der Waals surface area contributed by atoms with E-state index >= 15 is 0 Å². The number of rotatable bonds is 4. The van der Waals surface area contributed by atoms with E-state index in [1.54, 1.807) is 6.42 Å². The largest absolute Gasteiger partial charge is 0.314 e. The van der Waals surface area contributed by atoms with E-state index in [1.165, 1.54) is 32.2 Å². The Hall–Kier alpha value is -0.0400. The van der Waals surface area contributed by atoms with E-state index in [0.29, 0.717) is 0 Å². The highest BCUT2D eigenvalue weighted by Gasteiger charge is 2.41. The summed E-state index contributed by atoms with van der Waals surface area (Å²) in [6, 6.07) is 0.773. The standard InChI is InChI=1S/C12H23N/c1-3-6-13-9(2)12-8-10-4-5-11(12)7-10/h9-13H,3-8H2,1-2H3/t9-,10+,11+,12+/m1/s1. The van der Waals surface area contributed by atoms with Crippen LogP contribution in [0.25, 0.3) is 0 Å². The smallest absolute Gasteiger partial charge is 0.00697 e. The van der Waals surface area contributed by atoms with Crippen molar-refractivity contribution in [1.29, 1.82) is 0 Å². The average Bonchev–Trinajstić information content (AvgIpc) is 2.74. The van der Waals surface area contributed by atoms with E-state index < -0.39 is 0 Å². The molecule has 0 radical (unpaired) electrons. The van der Waals surface area contributed by atoms with Gasteiger partial charge < -0.3 is 5.32 Å². The number of hydrogen-bond acceptors (Lipinski definition) is 1. The molecule has 0 aliphatic heterocycles. The molecule has 2 saturated carbocycles. The van der Waals surface area contributed by atoms with Crippen LogP contribution in [0.4, 0.5) is 0 Å². The molecule has 0 aromatic carbocycles. The van der Waals surface area contributed by atoms with Crippen molar-refractivity contribution in [2.75, 3.05) is 6.54 Å². The fourth-order valence-electron chi connectivity index (χ4n) is 3.43. The molecule has 2 rings (SSSR count). The van der Waals surface area contributed by atoms with E-state index in [0.717, 1.165) is 23.8 Å². The molecule has 0 spiro atoms. The molecule has 2 aliphatic carbocycles. The molecule has 0 saturated heterocycles. The molecule has 0 aromatic rings. The van der Waals surface area contributed by atoms with Gasteiger partial charge in [-0.15, -0.1) is 0 Å². The maximum absolute atomic E-state index is 3.66. The van der Waals surface area contributed by atoms with Gasteiger partial charge in [-0.25, -0.2) is 0 Å². The molecule has 0 unspecified atom stereocenters. The highest BCUT2D eigenvalue weighted by molar-refractivity contribution is 4.93. The summed E-state index contributed by atoms with van der Waals surface area (Å²) in [5, 5.41) is 3.66. The van der Waals surface area contributed by atoms with Gasteiger partial charge in [0.2, 0.25) is 0 Å². The van der Waals surface area contributed by atoms with Gasteiger partial charge in [-0.2, -0.15) is 0 Å². The minimum absolute atomic E-state index is 0.773. The topological polar surface area (TPSA) is 12.0 Å². The Morgan fingerprint density at radius 3 is 2.69 bits per heavy atom. The molecule has 1 N–H and O–H groups in total. The van der Waals surface area contributed by atoms with Crippen molar-refractivity contribution < 1.29 is 0 Å². The molecule has 13 heavy (non-hydrogen) atoms. The van der Waals surface area contributed by atoms with Gasteiger partial charge in [-0.05, 0) is 56.9 Å². The second-order valence-corrected chi connectivity index (χ2v) is 5.08. The van der Waals surface area contributed by atoms with Crippen LogP contribution in [0, 0.1) is 17.8 Å². The first-order valence-electron chi connectivity index (χ1n) is 6.04. The normalized spacial score (nSPS) is 39.7. The first kappa shape index (κ1) is 9.51. The molecule has 0 aromatic heterocycles. The lowest BCUT2D eigenvalue weighted by Crippen LogP contribution is -2.36. The van der Waals surface area contributed by atoms with Gasteiger partial charge in [-0.1, -0.05) is 13.3 Å². The number of hydrogen-bond donors (Lipinski definition) is 1. The van der Waals surface area contributed by atoms with Crippen LogP contribution in [0.2, 0.25) is 0 Å². The zero-order valence-corrected chi connectivity index (χ0v) is 9.05. The van der Waals surface area contributed by atoms with Crippen molar-refractivity contribution in [2.24, 2.45) is 17.8 Å². The highest BCUT2D eigenvalue weighted by atomic mass is 14.9. The van der Waals surface area contributed by atoms with Gasteiger partial charge >= 0.3 is 0 Å². The Bertz CT molecular complexity index is 167. The Morgan fingerprint density at radius 1 is 1.31 bits per heavy atom. The quantitative estimate of drug-likeness (QED) is 0.703. The van der Waals surface area contributed by atoms with E-state index in [1.807, 2.05) is 0 Å². The van der Waals surface area contributed by atoms with E-state index in [2.05, 4.69) is 19.2 Å². The van der Waals surface area contributed by atoms with Crippen LogP contribution in [-0.4, -0.2) is 12.6 Å². The summed E-state index contributed by atoms with van der Waals surface area (Å²) in [7, 11) is 0. The van der Waals surface area contributed by atoms with E-state index in [-0.39, 0.29) is 0 Å². The zero-order valence-electron chi connectivity index (χ0n) is 9.05. The van der Waals surface area contributed by atoms with Crippen molar-refractivity contribution >= 4 is 0 Å². The van der Waals surface area contributed by atoms with Gasteiger partial charge in [0, 0.05) is 6.04 Å². The van der Waals surface area contributed by atoms with Gasteiger partial charge in [-0.3, -0.25) is 0 Å². The van der Waals surface area contributed by atoms with Gasteiger partial charge in [0.15, 0.2) is 0 Å². The van der Waals surface area contributed by atoms with Crippen molar-refractivity contribution in [3.05, 3.63) is 0 Å². The molecule has 2 fully saturated rings. The molecular formula is C12H23N. The summed E-state index contributed by atoms with van der Waals surface area (Å²) in [5.74, 6) is 3.18. The zero-order chi connectivity index (χ0) is 9.26. The summed E-state index contributed by atoms with van der Waals surface area (Å²) in [6.45, 7) is 5.84. The molecule has 0 amide bonds. The van der Waals surface area contributed by atoms with Crippen molar-refractivity contribution in [3.8, 4) is 0 Å². The fraction of sp³-hybridized carbons (Fsp3) is 1.00. The second kappa shape index (κ2) is 4.00. The van der Waals surface area contributed by atoms with Gasteiger partial charge in [0.05, 0.1) is 0 Å². The van der Waals surface area contributed by atoms with Crippen LogP contribution < -0.4 is 5.32 Å². The van der Waals surface area contributed by atoms with Crippen LogP contribution in [0.5, 0.6) is 0 Å². The minimum Gasteiger partial charge on any atom is -0.314 e. The molecule has 2 aliphatic rings. The third-order valence-electron chi connectivity index (χ3n) is 4.15. The van der Waals surface area contributed by atoms with Crippen molar-refractivity contribution in [2.45, 2.75) is 52.0 Å². The van der Waals surface area contributed by atoms with Gasteiger partial charge in [0.25, 0.3) is 0 Å². The van der Waals surface area contributed by atoms with Crippen LogP contribution in [0.1, 0.15) is 46.0 Å². The van der Waals surface area contributed by atoms with Crippen LogP contribution in [0.15, 0.2) is 0 Å². The van der Waals surface area contributed by atoms with E-state index in [4.69, 9.17) is 0 Å². The lowest BCUT2D eigenvalue weighted by atomic mass is 9.84. The SMILES string of the molecule is CCCN[C@H](C)[C@@H]1C[C@H]2CC[C@H]1C2. The molecule has 2 bridgehead atoms. The lowest BCUT2D eigenvalue weighted by Gasteiger charge is -2.28. The molecule has 76 valence electrons. The molecule has 1 nitrogen and oxygen atoms in total. The summed E-state index contributed by atoms with van der Waals surface area (Å²) in [6.07, 6.45) is 7.38. The van der Waals surface area contributed by atoms with Crippen LogP contribution >= 0.6 is 0 Å². The Labute approximate surface area is 82.3 Å². The number of nitrogens with one attached hydrogen (secondary N) is 1. The first-order chi connectivity index (χ1) is 6.31. The van der Waals surface area contributed by atoms with Crippen LogP contribution in [0.3, 0.4) is 0 Å². The van der Waals surface area contributed by atoms with Crippen LogP contribution in [-0.2, 0) is 0 Å². The minimum atomic E-state index is 0.773. The van der Waals surface area contributed by atoms with Gasteiger partial charge in [0.1, 0.15) is 0 Å². The van der Waals surface area contributed by atoms with Crippen molar-refractivity contribution in [3.63, 3.8) is 0 Å². The Morgan fingerprint density at radius 2 is 2.15 bits per heavy atom. The summed E-state index contributed by atoms with van der Waals surface area (Å²) >= 11 is 0. The van der Waals surface area contributed by atoms with E-state index in [9.17, 15) is 0 Å². The van der Waals surface area contributed by atoms with Crippen molar-refractivity contribution in [1.82, 2.24) is 5.32 Å². The highest BCUT2D eigenvalue weighted by Crippen LogP contribution is 2.49. The lowest BCUT2D eigenvalue weighted by molar-refractivity contribution is 0.261. The molecule has 0 heterocycles. The predicted octanol–water partition coefficient (Wildman–Crippen LogP) is 2.81.